The van der Waals surface area contributed by atoms with Crippen LogP contribution in [0.3, 0.4) is 0 Å². The molecule has 3 nitrogen and oxygen atoms in total. The molecule has 1 heterocycles. The van der Waals surface area contributed by atoms with Crippen LogP contribution >= 0.6 is 0 Å². The van der Waals surface area contributed by atoms with E-state index in [1.807, 2.05) is 12.1 Å². The number of nitrogens with two attached hydrogens (primary N) is 1. The molecule has 0 unspecified atom stereocenters. The first-order valence-corrected chi connectivity index (χ1v) is 4.97. The fourth-order valence-corrected chi connectivity index (χ4v) is 1.82. The van der Waals surface area contributed by atoms with Crippen molar-refractivity contribution < 1.29 is 4.42 Å². The maximum atomic E-state index is 12.1. The van der Waals surface area contributed by atoms with Gasteiger partial charge in [0.15, 0.2) is 0 Å². The lowest BCUT2D eigenvalue weighted by atomic mass is 10.1. The lowest BCUT2D eigenvalue weighted by Gasteiger charge is -2.01. The van der Waals surface area contributed by atoms with Crippen molar-refractivity contribution in [2.45, 2.75) is 0 Å². The van der Waals surface area contributed by atoms with Gasteiger partial charge in [0.2, 0.25) is 5.43 Å². The Morgan fingerprint density at radius 1 is 0.938 bits per heavy atom. The van der Waals surface area contributed by atoms with Crippen molar-refractivity contribution in [3.05, 3.63) is 52.7 Å². The number of anilines is 1. The number of fused-ring (bicyclic) bond motifs is 2. The van der Waals surface area contributed by atoms with Crippen molar-refractivity contribution in [3.8, 4) is 0 Å². The highest BCUT2D eigenvalue weighted by atomic mass is 16.3. The Balaban J connectivity index is 2.61. The molecule has 3 heteroatoms. The number of hydrogen-bond acceptors (Lipinski definition) is 3. The lowest BCUT2D eigenvalue weighted by molar-refractivity contribution is 0.660. The van der Waals surface area contributed by atoms with Gasteiger partial charge in [0.25, 0.3) is 0 Å². The molecule has 0 amide bonds. The average Bonchev–Trinajstić information content (AvgIpc) is 2.29. The summed E-state index contributed by atoms with van der Waals surface area (Å²) in [5.41, 5.74) is 7.35. The molecule has 1 aromatic heterocycles. The summed E-state index contributed by atoms with van der Waals surface area (Å²) in [5, 5.41) is 1.16. The molecule has 0 radical (unpaired) electrons. The highest BCUT2D eigenvalue weighted by Gasteiger charge is 2.06. The minimum atomic E-state index is -0.0168. The largest absolute Gasteiger partial charge is 0.456 e. The van der Waals surface area contributed by atoms with E-state index in [-0.39, 0.29) is 5.43 Å². The van der Waals surface area contributed by atoms with E-state index in [4.69, 9.17) is 10.2 Å². The molecule has 0 aliphatic rings. The summed E-state index contributed by atoms with van der Waals surface area (Å²) in [6, 6.07) is 12.3. The van der Waals surface area contributed by atoms with E-state index in [1.165, 1.54) is 0 Å². The first-order valence-electron chi connectivity index (χ1n) is 4.97. The van der Waals surface area contributed by atoms with Crippen LogP contribution in [0.25, 0.3) is 21.9 Å². The molecule has 0 aliphatic heterocycles. The highest BCUT2D eigenvalue weighted by molar-refractivity contribution is 5.90. The van der Waals surface area contributed by atoms with Gasteiger partial charge >= 0.3 is 0 Å². The summed E-state index contributed by atoms with van der Waals surface area (Å²) in [7, 11) is 0. The van der Waals surface area contributed by atoms with Crippen LogP contribution in [0.5, 0.6) is 0 Å². The standard InChI is InChI=1S/C13H9NO2/c14-8-5-6-10-12(7-8)16-11-4-2-1-3-9(11)13(10)15/h1-7H,14H2. The second-order valence-corrected chi connectivity index (χ2v) is 3.68. The summed E-state index contributed by atoms with van der Waals surface area (Å²) < 4.78 is 5.63. The average molecular weight is 211 g/mol. The van der Waals surface area contributed by atoms with E-state index in [1.54, 1.807) is 30.3 Å². The SMILES string of the molecule is Nc1ccc2c(=O)c3ccccc3oc2c1. The lowest BCUT2D eigenvalue weighted by Crippen LogP contribution is -2.02. The highest BCUT2D eigenvalue weighted by Crippen LogP contribution is 2.19. The zero-order valence-electron chi connectivity index (χ0n) is 8.44. The summed E-state index contributed by atoms with van der Waals surface area (Å²) in [4.78, 5) is 12.1. The van der Waals surface area contributed by atoms with Crippen LogP contribution in [0, 0.1) is 0 Å². The maximum absolute atomic E-state index is 12.1. The topological polar surface area (TPSA) is 56.2 Å². The van der Waals surface area contributed by atoms with E-state index < -0.39 is 0 Å². The molecule has 0 fully saturated rings. The minimum Gasteiger partial charge on any atom is -0.456 e. The summed E-state index contributed by atoms with van der Waals surface area (Å²) in [5.74, 6) is 0. The van der Waals surface area contributed by atoms with Crippen LogP contribution in [0.2, 0.25) is 0 Å². The van der Waals surface area contributed by atoms with Gasteiger partial charge in [-0.1, -0.05) is 12.1 Å². The number of nitrogen functional groups attached to an aromatic ring is 1. The van der Waals surface area contributed by atoms with Crippen molar-refractivity contribution in [2.75, 3.05) is 5.73 Å². The molecular formula is C13H9NO2. The normalized spacial score (nSPS) is 11.0. The number of rotatable bonds is 0. The molecule has 0 atom stereocenters. The fourth-order valence-electron chi connectivity index (χ4n) is 1.82. The quantitative estimate of drug-likeness (QED) is 0.459. The molecule has 2 aromatic carbocycles. The Bertz CT molecular complexity index is 744. The van der Waals surface area contributed by atoms with Gasteiger partial charge in [0.1, 0.15) is 11.2 Å². The van der Waals surface area contributed by atoms with Crippen molar-refractivity contribution in [1.82, 2.24) is 0 Å². The van der Waals surface area contributed by atoms with E-state index in [0.717, 1.165) is 0 Å². The number of para-hydroxylation sites is 1. The first kappa shape index (κ1) is 8.97. The Labute approximate surface area is 91.1 Å². The van der Waals surface area contributed by atoms with Crippen LogP contribution in [-0.2, 0) is 0 Å². The summed E-state index contributed by atoms with van der Waals surface area (Å²) in [6.07, 6.45) is 0. The second kappa shape index (κ2) is 3.10. The van der Waals surface area contributed by atoms with Gasteiger partial charge in [-0.2, -0.15) is 0 Å². The zero-order valence-corrected chi connectivity index (χ0v) is 8.44. The fraction of sp³-hybridized carbons (Fsp3) is 0. The molecule has 0 spiro atoms. The molecule has 0 saturated heterocycles. The Morgan fingerprint density at radius 2 is 1.69 bits per heavy atom. The molecule has 0 saturated carbocycles. The van der Waals surface area contributed by atoms with Crippen LogP contribution in [-0.4, -0.2) is 0 Å². The molecule has 16 heavy (non-hydrogen) atoms. The van der Waals surface area contributed by atoms with E-state index in [0.29, 0.717) is 27.6 Å². The summed E-state index contributed by atoms with van der Waals surface area (Å²) >= 11 is 0. The molecule has 0 bridgehead atoms. The van der Waals surface area contributed by atoms with Crippen molar-refractivity contribution in [1.29, 1.82) is 0 Å². The third-order valence-corrected chi connectivity index (χ3v) is 2.60. The molecule has 78 valence electrons. The second-order valence-electron chi connectivity index (χ2n) is 3.68. The van der Waals surface area contributed by atoms with E-state index in [2.05, 4.69) is 0 Å². The number of hydrogen-bond donors (Lipinski definition) is 1. The molecule has 0 aliphatic carbocycles. The maximum Gasteiger partial charge on any atom is 0.200 e. The van der Waals surface area contributed by atoms with Crippen LogP contribution in [0.1, 0.15) is 0 Å². The molecule has 3 aromatic rings. The van der Waals surface area contributed by atoms with Gasteiger partial charge in [-0.25, -0.2) is 0 Å². The molecule has 2 N–H and O–H groups in total. The van der Waals surface area contributed by atoms with Crippen molar-refractivity contribution in [2.24, 2.45) is 0 Å². The summed E-state index contributed by atoms with van der Waals surface area (Å²) in [6.45, 7) is 0. The van der Waals surface area contributed by atoms with Gasteiger partial charge in [-0.3, -0.25) is 4.79 Å². The Kier molecular flexibility index (Phi) is 1.74. The van der Waals surface area contributed by atoms with Crippen LogP contribution in [0.15, 0.2) is 51.7 Å². The van der Waals surface area contributed by atoms with E-state index >= 15 is 0 Å². The Morgan fingerprint density at radius 3 is 2.56 bits per heavy atom. The first-order chi connectivity index (χ1) is 7.75. The van der Waals surface area contributed by atoms with Gasteiger partial charge in [-0.15, -0.1) is 0 Å². The zero-order chi connectivity index (χ0) is 11.1. The van der Waals surface area contributed by atoms with Crippen molar-refractivity contribution in [3.63, 3.8) is 0 Å². The minimum absolute atomic E-state index is 0.0168. The number of benzene rings is 2. The predicted octanol–water partition coefficient (Wildman–Crippen LogP) is 2.53. The predicted molar refractivity (Wildman–Crippen MR) is 64.4 cm³/mol. The third-order valence-electron chi connectivity index (χ3n) is 2.60. The molecular weight excluding hydrogens is 202 g/mol. The van der Waals surface area contributed by atoms with E-state index in [9.17, 15) is 4.79 Å². The van der Waals surface area contributed by atoms with Gasteiger partial charge in [-0.05, 0) is 24.3 Å². The van der Waals surface area contributed by atoms with Crippen molar-refractivity contribution >= 4 is 27.6 Å². The van der Waals surface area contributed by atoms with Crippen LogP contribution < -0.4 is 11.2 Å². The van der Waals surface area contributed by atoms with Gasteiger partial charge in [0.05, 0.1) is 10.8 Å². The van der Waals surface area contributed by atoms with Gasteiger partial charge < -0.3 is 10.2 Å². The Hall–Kier alpha value is -2.29. The molecule has 3 rings (SSSR count). The third kappa shape index (κ3) is 1.18. The monoisotopic (exact) mass is 211 g/mol. The van der Waals surface area contributed by atoms with Crippen LogP contribution in [0.4, 0.5) is 5.69 Å². The van der Waals surface area contributed by atoms with Gasteiger partial charge in [0, 0.05) is 11.8 Å². The smallest absolute Gasteiger partial charge is 0.200 e.